The van der Waals surface area contributed by atoms with Gasteiger partial charge in [0.05, 0.1) is 0 Å². The van der Waals surface area contributed by atoms with Crippen LogP contribution in [-0.2, 0) is 6.42 Å². The van der Waals surface area contributed by atoms with Gasteiger partial charge in [0.15, 0.2) is 0 Å². The molecule has 2 rings (SSSR count). The van der Waals surface area contributed by atoms with Crippen LogP contribution in [0.2, 0.25) is 0 Å². The molecular weight excluding hydrogens is 304 g/mol. The van der Waals surface area contributed by atoms with Crippen LogP contribution in [0.3, 0.4) is 0 Å². The number of rotatable bonds is 3. The third-order valence-corrected chi connectivity index (χ3v) is 5.76. The van der Waals surface area contributed by atoms with Gasteiger partial charge < -0.3 is 10.6 Å². The minimum atomic E-state index is 0.253. The Hall–Kier alpha value is 0.450. The minimum Gasteiger partial charge on any atom is -0.326 e. The van der Waals surface area contributed by atoms with Crippen LogP contribution in [-0.4, -0.2) is 42.1 Å². The number of likely N-dealkylation sites (N-methyl/N-ethyl adjacent to an activating group) is 1. The van der Waals surface area contributed by atoms with E-state index in [1.54, 1.807) is 11.3 Å². The van der Waals surface area contributed by atoms with E-state index in [2.05, 4.69) is 39.3 Å². The van der Waals surface area contributed by atoms with Gasteiger partial charge >= 0.3 is 0 Å². The fraction of sp³-hybridized carbons (Fsp3) is 0.636. The van der Waals surface area contributed by atoms with Crippen LogP contribution in [0.4, 0.5) is 0 Å². The lowest BCUT2D eigenvalue weighted by molar-refractivity contribution is 0.236. The Kier molecular flexibility index (Phi) is 4.73. The fourth-order valence-corrected chi connectivity index (χ4v) is 4.84. The molecular formula is C11H17BrN2S2. The van der Waals surface area contributed by atoms with Gasteiger partial charge in [-0.3, -0.25) is 0 Å². The summed E-state index contributed by atoms with van der Waals surface area (Å²) in [6.45, 7) is 1.16. The van der Waals surface area contributed by atoms with E-state index >= 15 is 0 Å². The molecule has 5 heteroatoms. The quantitative estimate of drug-likeness (QED) is 0.927. The Bertz CT molecular complexity index is 342. The third-order valence-electron chi connectivity index (χ3n) is 3.00. The summed E-state index contributed by atoms with van der Waals surface area (Å²) in [5.41, 5.74) is 6.32. The van der Waals surface area contributed by atoms with Crippen LogP contribution in [0, 0.1) is 0 Å². The highest BCUT2D eigenvalue weighted by Gasteiger charge is 2.25. The van der Waals surface area contributed by atoms with Crippen molar-refractivity contribution in [3.63, 3.8) is 0 Å². The van der Waals surface area contributed by atoms with Crippen molar-refractivity contribution in [3.8, 4) is 0 Å². The summed E-state index contributed by atoms with van der Waals surface area (Å²) in [7, 11) is 2.19. The molecule has 0 aliphatic carbocycles. The predicted molar refractivity (Wildman–Crippen MR) is 77.4 cm³/mol. The average Bonchev–Trinajstić information content (AvgIpc) is 2.64. The molecule has 2 heterocycles. The highest BCUT2D eigenvalue weighted by Crippen LogP contribution is 2.23. The number of nitrogens with two attached hydrogens (primary N) is 1. The second kappa shape index (κ2) is 5.87. The Morgan fingerprint density at radius 2 is 2.50 bits per heavy atom. The van der Waals surface area contributed by atoms with Crippen LogP contribution in [0.25, 0.3) is 0 Å². The van der Waals surface area contributed by atoms with Crippen LogP contribution >= 0.6 is 39.0 Å². The maximum atomic E-state index is 6.32. The standard InChI is InChI=1S/C11H17BrN2S2/c1-14-2-3-15-7-11(14)10(13)5-9-4-8(12)6-16-9/h4,6,10-11H,2-3,5,7,13H2,1H3. The monoisotopic (exact) mass is 320 g/mol. The van der Waals surface area contributed by atoms with E-state index < -0.39 is 0 Å². The molecule has 0 spiro atoms. The number of nitrogens with zero attached hydrogens (tertiary/aromatic N) is 1. The molecule has 1 aliphatic heterocycles. The molecule has 0 amide bonds. The predicted octanol–water partition coefficient (Wildman–Crippen LogP) is 2.43. The van der Waals surface area contributed by atoms with Crippen molar-refractivity contribution in [2.45, 2.75) is 18.5 Å². The zero-order valence-electron chi connectivity index (χ0n) is 9.36. The van der Waals surface area contributed by atoms with Crippen molar-refractivity contribution < 1.29 is 0 Å². The van der Waals surface area contributed by atoms with Crippen molar-refractivity contribution in [3.05, 3.63) is 20.8 Å². The summed E-state index contributed by atoms with van der Waals surface area (Å²) >= 11 is 7.30. The Morgan fingerprint density at radius 3 is 3.12 bits per heavy atom. The Balaban J connectivity index is 1.93. The Morgan fingerprint density at radius 1 is 1.69 bits per heavy atom. The number of thiophene rings is 1. The molecule has 2 nitrogen and oxygen atoms in total. The van der Waals surface area contributed by atoms with Crippen molar-refractivity contribution in [2.24, 2.45) is 5.73 Å². The summed E-state index contributed by atoms with van der Waals surface area (Å²) in [6, 6.07) is 2.96. The number of halogens is 1. The van der Waals surface area contributed by atoms with E-state index in [1.165, 1.54) is 20.9 Å². The van der Waals surface area contributed by atoms with Crippen molar-refractivity contribution in [1.82, 2.24) is 4.90 Å². The first-order valence-corrected chi connectivity index (χ1v) is 8.26. The maximum absolute atomic E-state index is 6.32. The average molecular weight is 321 g/mol. The van der Waals surface area contributed by atoms with Crippen molar-refractivity contribution in [1.29, 1.82) is 0 Å². The van der Waals surface area contributed by atoms with Gasteiger partial charge in [0, 0.05) is 44.9 Å². The zero-order valence-corrected chi connectivity index (χ0v) is 12.6. The number of thioether (sulfide) groups is 1. The van der Waals surface area contributed by atoms with Gasteiger partial charge in [-0.05, 0) is 35.5 Å². The van der Waals surface area contributed by atoms with Crippen LogP contribution in [0.5, 0.6) is 0 Å². The van der Waals surface area contributed by atoms with E-state index in [0.717, 1.165) is 13.0 Å². The van der Waals surface area contributed by atoms with Gasteiger partial charge in [-0.2, -0.15) is 11.8 Å². The largest absolute Gasteiger partial charge is 0.326 e. The molecule has 1 aromatic heterocycles. The highest BCUT2D eigenvalue weighted by atomic mass is 79.9. The van der Waals surface area contributed by atoms with E-state index in [0.29, 0.717) is 6.04 Å². The first-order valence-electron chi connectivity index (χ1n) is 5.43. The highest BCUT2D eigenvalue weighted by molar-refractivity contribution is 9.10. The topological polar surface area (TPSA) is 29.3 Å². The first-order chi connectivity index (χ1) is 7.66. The van der Waals surface area contributed by atoms with Crippen LogP contribution in [0.1, 0.15) is 4.88 Å². The molecule has 0 radical (unpaired) electrons. The first kappa shape index (κ1) is 12.9. The second-order valence-electron chi connectivity index (χ2n) is 4.22. The summed E-state index contributed by atoms with van der Waals surface area (Å²) < 4.78 is 1.17. The molecule has 1 aromatic rings. The normalized spacial score (nSPS) is 24.6. The molecule has 0 saturated carbocycles. The molecule has 1 aliphatic rings. The van der Waals surface area contributed by atoms with Gasteiger partial charge in [-0.15, -0.1) is 11.3 Å². The van der Waals surface area contributed by atoms with E-state index in [9.17, 15) is 0 Å². The van der Waals surface area contributed by atoms with Crippen molar-refractivity contribution in [2.75, 3.05) is 25.1 Å². The van der Waals surface area contributed by atoms with Gasteiger partial charge in [0.2, 0.25) is 0 Å². The summed E-state index contributed by atoms with van der Waals surface area (Å²) in [5.74, 6) is 2.41. The van der Waals surface area contributed by atoms with Gasteiger partial charge in [0.25, 0.3) is 0 Å². The van der Waals surface area contributed by atoms with Gasteiger partial charge in [0.1, 0.15) is 0 Å². The van der Waals surface area contributed by atoms with E-state index in [4.69, 9.17) is 5.73 Å². The van der Waals surface area contributed by atoms with Crippen molar-refractivity contribution >= 4 is 39.0 Å². The van der Waals surface area contributed by atoms with E-state index in [-0.39, 0.29) is 6.04 Å². The molecule has 1 fully saturated rings. The maximum Gasteiger partial charge on any atom is 0.0338 e. The summed E-state index contributed by atoms with van der Waals surface area (Å²) in [6.07, 6.45) is 0.992. The lowest BCUT2D eigenvalue weighted by Gasteiger charge is -2.35. The minimum absolute atomic E-state index is 0.253. The molecule has 2 N–H and O–H groups in total. The van der Waals surface area contributed by atoms with Crippen LogP contribution in [0.15, 0.2) is 15.9 Å². The SMILES string of the molecule is CN1CCSCC1C(N)Cc1cc(Br)cs1. The van der Waals surface area contributed by atoms with Gasteiger partial charge in [-0.1, -0.05) is 0 Å². The summed E-state index contributed by atoms with van der Waals surface area (Å²) in [4.78, 5) is 3.78. The molecule has 90 valence electrons. The molecule has 2 atom stereocenters. The number of hydrogen-bond acceptors (Lipinski definition) is 4. The molecule has 1 saturated heterocycles. The van der Waals surface area contributed by atoms with Crippen LogP contribution < -0.4 is 5.73 Å². The Labute approximate surface area is 114 Å². The second-order valence-corrected chi connectivity index (χ2v) is 7.28. The van der Waals surface area contributed by atoms with Gasteiger partial charge in [-0.25, -0.2) is 0 Å². The molecule has 0 aromatic carbocycles. The fourth-order valence-electron chi connectivity index (χ4n) is 1.99. The summed E-state index contributed by atoms with van der Waals surface area (Å²) in [5, 5.41) is 2.13. The van der Waals surface area contributed by atoms with E-state index in [1.807, 2.05) is 11.8 Å². The third kappa shape index (κ3) is 3.23. The molecule has 0 bridgehead atoms. The smallest absolute Gasteiger partial charge is 0.0338 e. The number of hydrogen-bond donors (Lipinski definition) is 1. The lowest BCUT2D eigenvalue weighted by atomic mass is 10.1. The molecule has 2 unspecified atom stereocenters. The lowest BCUT2D eigenvalue weighted by Crippen LogP contribution is -2.51. The zero-order chi connectivity index (χ0) is 11.5. The molecule has 16 heavy (non-hydrogen) atoms.